The van der Waals surface area contributed by atoms with Crippen LogP contribution in [0.2, 0.25) is 0 Å². The number of piperazine rings is 1. The van der Waals surface area contributed by atoms with Gasteiger partial charge in [0, 0.05) is 37.4 Å². The predicted molar refractivity (Wildman–Crippen MR) is 103 cm³/mol. The van der Waals surface area contributed by atoms with Gasteiger partial charge in [0.2, 0.25) is 5.91 Å². The number of likely N-dealkylation sites (N-methyl/N-ethyl adjacent to an activating group) is 1. The van der Waals surface area contributed by atoms with Crippen LogP contribution >= 0.6 is 0 Å². The molecule has 1 aromatic rings. The molecular formula is C20H32N4O. The Morgan fingerprint density at radius 3 is 2.52 bits per heavy atom. The first-order valence-electron chi connectivity index (χ1n) is 9.56. The van der Waals surface area contributed by atoms with Crippen molar-refractivity contribution in [3.05, 3.63) is 29.8 Å². The van der Waals surface area contributed by atoms with Crippen molar-refractivity contribution >= 4 is 11.6 Å². The molecular weight excluding hydrogens is 312 g/mol. The first kappa shape index (κ1) is 18.2. The van der Waals surface area contributed by atoms with Gasteiger partial charge in [0.25, 0.3) is 0 Å². The zero-order valence-corrected chi connectivity index (χ0v) is 15.9. The number of nitrogens with one attached hydrogen (secondary N) is 1. The van der Waals surface area contributed by atoms with Gasteiger partial charge in [0.1, 0.15) is 0 Å². The van der Waals surface area contributed by atoms with Crippen molar-refractivity contribution in [3.8, 4) is 0 Å². The highest BCUT2D eigenvalue weighted by molar-refractivity contribution is 5.79. The highest BCUT2D eigenvalue weighted by Gasteiger charge is 2.29. The monoisotopic (exact) mass is 344 g/mol. The Bertz CT molecular complexity index is 568. The number of aryl methyl sites for hydroxylation is 1. The lowest BCUT2D eigenvalue weighted by molar-refractivity contribution is -0.135. The molecule has 25 heavy (non-hydrogen) atoms. The molecule has 5 nitrogen and oxygen atoms in total. The maximum atomic E-state index is 12.8. The van der Waals surface area contributed by atoms with E-state index in [1.807, 2.05) is 0 Å². The maximum absolute atomic E-state index is 12.8. The molecule has 0 radical (unpaired) electrons. The van der Waals surface area contributed by atoms with Crippen molar-refractivity contribution in [1.29, 1.82) is 0 Å². The molecule has 2 saturated heterocycles. The summed E-state index contributed by atoms with van der Waals surface area (Å²) in [5.74, 6) is 0.275. The molecule has 0 spiro atoms. The second-order valence-corrected chi connectivity index (χ2v) is 7.61. The summed E-state index contributed by atoms with van der Waals surface area (Å²) in [6, 6.07) is 9.48. The van der Waals surface area contributed by atoms with Crippen molar-refractivity contribution < 1.29 is 4.79 Å². The molecule has 0 bridgehead atoms. The van der Waals surface area contributed by atoms with E-state index < -0.39 is 0 Å². The number of hydrogen-bond acceptors (Lipinski definition) is 4. The van der Waals surface area contributed by atoms with E-state index in [0.29, 0.717) is 12.6 Å². The van der Waals surface area contributed by atoms with Crippen LogP contribution in [0, 0.1) is 6.92 Å². The smallest absolute Gasteiger partial charge is 0.237 e. The Balaban J connectivity index is 1.53. The quantitative estimate of drug-likeness (QED) is 0.903. The molecule has 0 aliphatic carbocycles. The molecule has 0 unspecified atom stereocenters. The summed E-state index contributed by atoms with van der Waals surface area (Å²) in [4.78, 5) is 19.5. The van der Waals surface area contributed by atoms with Crippen LogP contribution in [0.4, 0.5) is 5.69 Å². The molecule has 3 rings (SSSR count). The maximum Gasteiger partial charge on any atom is 0.237 e. The van der Waals surface area contributed by atoms with E-state index >= 15 is 0 Å². The number of carbonyl (C=O) groups is 1. The van der Waals surface area contributed by atoms with Gasteiger partial charge in [-0.05, 0) is 59.0 Å². The minimum absolute atomic E-state index is 0.254. The molecule has 2 aliphatic rings. The second kappa shape index (κ2) is 8.19. The van der Waals surface area contributed by atoms with Crippen LogP contribution in [0.15, 0.2) is 24.3 Å². The number of benzene rings is 1. The van der Waals surface area contributed by atoms with Gasteiger partial charge in [-0.25, -0.2) is 0 Å². The van der Waals surface area contributed by atoms with Crippen LogP contribution in [-0.4, -0.2) is 74.1 Å². The summed E-state index contributed by atoms with van der Waals surface area (Å²) in [6.07, 6.45) is 2.28. The average Bonchev–Trinajstić information content (AvgIpc) is 2.62. The summed E-state index contributed by atoms with van der Waals surface area (Å²) >= 11 is 0. The molecule has 1 N–H and O–H groups in total. The van der Waals surface area contributed by atoms with E-state index in [0.717, 1.165) is 45.6 Å². The Morgan fingerprint density at radius 1 is 1.20 bits per heavy atom. The lowest BCUT2D eigenvalue weighted by Gasteiger charge is -2.42. The fourth-order valence-electron chi connectivity index (χ4n) is 4.00. The van der Waals surface area contributed by atoms with E-state index in [-0.39, 0.29) is 11.9 Å². The SMILES string of the molecule is Cc1ccc(N2CCN(C(=O)CN(C)C3CCNCC3)[C@@H](C)C2)cc1. The Labute approximate surface area is 152 Å². The molecule has 1 atom stereocenters. The first-order chi connectivity index (χ1) is 12.0. The number of hydrogen-bond donors (Lipinski definition) is 1. The van der Waals surface area contributed by atoms with Gasteiger partial charge < -0.3 is 15.1 Å². The van der Waals surface area contributed by atoms with Crippen molar-refractivity contribution in [2.45, 2.75) is 38.8 Å². The van der Waals surface area contributed by atoms with Gasteiger partial charge in [0.05, 0.1) is 6.54 Å². The minimum Gasteiger partial charge on any atom is -0.368 e. The fourth-order valence-corrected chi connectivity index (χ4v) is 4.00. The average molecular weight is 345 g/mol. The molecule has 1 amide bonds. The number of nitrogens with zero attached hydrogens (tertiary/aromatic N) is 3. The normalized spacial score (nSPS) is 22.5. The van der Waals surface area contributed by atoms with E-state index in [1.54, 1.807) is 0 Å². The molecule has 138 valence electrons. The third kappa shape index (κ3) is 4.53. The van der Waals surface area contributed by atoms with Gasteiger partial charge >= 0.3 is 0 Å². The molecule has 0 aromatic heterocycles. The summed E-state index contributed by atoms with van der Waals surface area (Å²) in [7, 11) is 2.10. The van der Waals surface area contributed by atoms with Crippen molar-refractivity contribution in [3.63, 3.8) is 0 Å². The first-order valence-corrected chi connectivity index (χ1v) is 9.56. The zero-order valence-electron chi connectivity index (χ0n) is 15.9. The molecule has 5 heteroatoms. The van der Waals surface area contributed by atoms with Crippen molar-refractivity contribution in [2.75, 3.05) is 51.2 Å². The Morgan fingerprint density at radius 2 is 1.88 bits per heavy atom. The lowest BCUT2D eigenvalue weighted by Crippen LogP contribution is -2.56. The standard InChI is InChI=1S/C20H32N4O/c1-16-4-6-19(7-5-16)23-12-13-24(17(2)14-23)20(25)15-22(3)18-8-10-21-11-9-18/h4-7,17-18,21H,8-15H2,1-3H3/t17-/m0/s1. The third-order valence-electron chi connectivity index (χ3n) is 5.66. The van der Waals surface area contributed by atoms with Crippen LogP contribution in [0.1, 0.15) is 25.3 Å². The predicted octanol–water partition coefficient (Wildman–Crippen LogP) is 1.72. The van der Waals surface area contributed by atoms with Crippen LogP contribution in [0.25, 0.3) is 0 Å². The molecule has 0 saturated carbocycles. The van der Waals surface area contributed by atoms with E-state index in [2.05, 4.69) is 65.2 Å². The van der Waals surface area contributed by atoms with E-state index in [4.69, 9.17) is 0 Å². The largest absolute Gasteiger partial charge is 0.368 e. The van der Waals surface area contributed by atoms with Crippen LogP contribution in [0.5, 0.6) is 0 Å². The second-order valence-electron chi connectivity index (χ2n) is 7.61. The highest BCUT2D eigenvalue weighted by Crippen LogP contribution is 2.20. The lowest BCUT2D eigenvalue weighted by atomic mass is 10.1. The zero-order chi connectivity index (χ0) is 17.8. The third-order valence-corrected chi connectivity index (χ3v) is 5.66. The number of anilines is 1. The highest BCUT2D eigenvalue weighted by atomic mass is 16.2. The van der Waals surface area contributed by atoms with Gasteiger partial charge in [-0.2, -0.15) is 0 Å². The van der Waals surface area contributed by atoms with Crippen LogP contribution in [0.3, 0.4) is 0 Å². The van der Waals surface area contributed by atoms with Gasteiger partial charge in [0.15, 0.2) is 0 Å². The summed E-state index contributed by atoms with van der Waals surface area (Å²) < 4.78 is 0. The molecule has 2 aliphatic heterocycles. The molecule has 2 heterocycles. The summed E-state index contributed by atoms with van der Waals surface area (Å²) in [5.41, 5.74) is 2.54. The topological polar surface area (TPSA) is 38.8 Å². The summed E-state index contributed by atoms with van der Waals surface area (Å²) in [6.45, 7) is 9.59. The Hall–Kier alpha value is -1.59. The van der Waals surface area contributed by atoms with Gasteiger partial charge in [-0.15, -0.1) is 0 Å². The number of rotatable bonds is 4. The van der Waals surface area contributed by atoms with Crippen LogP contribution in [-0.2, 0) is 4.79 Å². The van der Waals surface area contributed by atoms with Crippen LogP contribution < -0.4 is 10.2 Å². The number of piperidine rings is 1. The fraction of sp³-hybridized carbons (Fsp3) is 0.650. The van der Waals surface area contributed by atoms with Crippen molar-refractivity contribution in [1.82, 2.24) is 15.1 Å². The molecule has 2 fully saturated rings. The number of amides is 1. The van der Waals surface area contributed by atoms with E-state index in [1.165, 1.54) is 11.3 Å². The van der Waals surface area contributed by atoms with Crippen molar-refractivity contribution in [2.24, 2.45) is 0 Å². The Kier molecular flexibility index (Phi) is 5.97. The molecule has 1 aromatic carbocycles. The van der Waals surface area contributed by atoms with Gasteiger partial charge in [-0.1, -0.05) is 17.7 Å². The summed E-state index contributed by atoms with van der Waals surface area (Å²) in [5, 5.41) is 3.39. The number of carbonyl (C=O) groups excluding carboxylic acids is 1. The minimum atomic E-state index is 0.254. The van der Waals surface area contributed by atoms with Gasteiger partial charge in [-0.3, -0.25) is 9.69 Å². The van der Waals surface area contributed by atoms with E-state index in [9.17, 15) is 4.79 Å².